The van der Waals surface area contributed by atoms with Crippen LogP contribution in [-0.2, 0) is 4.79 Å². The summed E-state index contributed by atoms with van der Waals surface area (Å²) in [5.41, 5.74) is 4.19. The molecule has 0 bridgehead atoms. The van der Waals surface area contributed by atoms with Crippen LogP contribution < -0.4 is 5.43 Å². The molecule has 1 heterocycles. The van der Waals surface area contributed by atoms with E-state index in [1.54, 1.807) is 6.20 Å². The van der Waals surface area contributed by atoms with Crippen LogP contribution in [0.5, 0.6) is 0 Å². The smallest absolute Gasteiger partial charge is 0.288 e. The van der Waals surface area contributed by atoms with E-state index in [9.17, 15) is 4.79 Å². The molecule has 0 aromatic carbocycles. The zero-order valence-corrected chi connectivity index (χ0v) is 11.6. The highest BCUT2D eigenvalue weighted by molar-refractivity contribution is 5.85. The van der Waals surface area contributed by atoms with Crippen molar-refractivity contribution in [2.75, 3.05) is 7.05 Å². The van der Waals surface area contributed by atoms with Gasteiger partial charge in [0.25, 0.3) is 5.91 Å². The van der Waals surface area contributed by atoms with Crippen molar-refractivity contribution in [3.63, 3.8) is 0 Å². The van der Waals surface area contributed by atoms with Gasteiger partial charge >= 0.3 is 0 Å². The highest BCUT2D eigenvalue weighted by atomic mass is 16.2. The van der Waals surface area contributed by atoms with Crippen LogP contribution in [0.2, 0.25) is 0 Å². The lowest BCUT2D eigenvalue weighted by Crippen LogP contribution is -2.60. The minimum absolute atomic E-state index is 0.109. The first-order valence-corrected chi connectivity index (χ1v) is 6.41. The number of carbonyl (C=O) groups is 1. The third-order valence-electron chi connectivity index (χ3n) is 3.60. The molecule has 1 aliphatic rings. The first-order valence-electron chi connectivity index (χ1n) is 6.41. The molecule has 0 aromatic heterocycles. The molecule has 0 aromatic rings. The molecule has 2 atom stereocenters. The van der Waals surface area contributed by atoms with Gasteiger partial charge in [-0.05, 0) is 6.42 Å². The molecule has 0 spiro atoms. The molecule has 0 aliphatic carbocycles. The van der Waals surface area contributed by atoms with Gasteiger partial charge in [0.2, 0.25) is 0 Å². The predicted octanol–water partition coefficient (Wildman–Crippen LogP) is 2.49. The number of carbonyl (C=O) groups excluding carboxylic acids is 1. The van der Waals surface area contributed by atoms with E-state index in [-0.39, 0.29) is 12.1 Å². The average Bonchev–Trinajstić information content (AvgIpc) is 2.59. The summed E-state index contributed by atoms with van der Waals surface area (Å²) in [4.78, 5) is 13.7. The molecule has 0 saturated carbocycles. The monoisotopic (exact) mass is 250 g/mol. The quantitative estimate of drug-likeness (QED) is 0.580. The lowest BCUT2D eigenvalue weighted by Gasteiger charge is -2.36. The number of hydrogen-bond donors (Lipinski definition) is 1. The maximum Gasteiger partial charge on any atom is 0.288 e. The average molecular weight is 250 g/mol. The van der Waals surface area contributed by atoms with Gasteiger partial charge in [-0.15, -0.1) is 0 Å². The van der Waals surface area contributed by atoms with Crippen molar-refractivity contribution in [1.29, 1.82) is 0 Å². The molecule has 0 saturated heterocycles. The van der Waals surface area contributed by atoms with Gasteiger partial charge in [-0.1, -0.05) is 26.5 Å². The summed E-state index contributed by atoms with van der Waals surface area (Å²) in [6.07, 6.45) is 8.51. The topological polar surface area (TPSA) is 32.3 Å². The van der Waals surface area contributed by atoms with Crippen molar-refractivity contribution in [3.05, 3.63) is 37.3 Å². The van der Waals surface area contributed by atoms with Crippen LogP contribution in [0.25, 0.3) is 0 Å². The molecule has 1 aliphatic heterocycles. The zero-order valence-electron chi connectivity index (χ0n) is 11.6. The zero-order chi connectivity index (χ0) is 13.8. The Morgan fingerprint density at radius 3 is 2.78 bits per heavy atom. The second-order valence-electron chi connectivity index (χ2n) is 4.74. The Hall–Kier alpha value is -1.55. The Morgan fingerprint density at radius 2 is 2.28 bits per heavy atom. The largest absolute Gasteiger partial charge is 0.298 e. The molecule has 0 radical (unpaired) electrons. The molecule has 4 nitrogen and oxygen atoms in total. The van der Waals surface area contributed by atoms with E-state index in [0.717, 1.165) is 19.3 Å². The molecule has 0 fully saturated rings. The molecule has 4 heteroatoms. The third-order valence-corrected chi connectivity index (χ3v) is 3.60. The normalized spacial score (nSPS) is 26.7. The van der Waals surface area contributed by atoms with E-state index >= 15 is 0 Å². The summed E-state index contributed by atoms with van der Waals surface area (Å²) in [7, 11) is 2.01. The van der Waals surface area contributed by atoms with Crippen molar-refractivity contribution in [1.82, 2.24) is 10.3 Å². The molecule has 1 N–H and O–H groups in total. The second-order valence-corrected chi connectivity index (χ2v) is 4.74. The van der Waals surface area contributed by atoms with Crippen LogP contribution in [0, 0.1) is 0 Å². The van der Waals surface area contributed by atoms with Gasteiger partial charge in [-0.2, -0.15) is 10.0 Å². The molecule has 18 heavy (non-hydrogen) atoms. The molecule has 2 unspecified atom stereocenters. The minimum atomic E-state index is -0.155. The molecule has 1 rings (SSSR count). The molecular weight excluding hydrogens is 226 g/mol. The highest BCUT2D eigenvalue weighted by Crippen LogP contribution is 2.31. The Labute approximate surface area is 110 Å². The Morgan fingerprint density at radius 1 is 1.61 bits per heavy atom. The lowest BCUT2D eigenvalue weighted by atomic mass is 10.2. The maximum absolute atomic E-state index is 11.6. The first-order chi connectivity index (χ1) is 8.49. The number of amides is 1. The van der Waals surface area contributed by atoms with Gasteiger partial charge in [0.15, 0.2) is 11.9 Å². The van der Waals surface area contributed by atoms with E-state index in [1.165, 1.54) is 11.8 Å². The van der Waals surface area contributed by atoms with Crippen molar-refractivity contribution in [3.8, 4) is 0 Å². The number of rotatable bonds is 6. The van der Waals surface area contributed by atoms with E-state index in [0.29, 0.717) is 4.59 Å². The van der Waals surface area contributed by atoms with Crippen LogP contribution in [0.4, 0.5) is 0 Å². The Kier molecular flexibility index (Phi) is 4.73. The Bertz CT molecular complexity index is 375. The van der Waals surface area contributed by atoms with Crippen LogP contribution in [-0.4, -0.2) is 28.6 Å². The highest BCUT2D eigenvalue weighted by Gasteiger charge is 2.43. The van der Waals surface area contributed by atoms with Gasteiger partial charge in [0.05, 0.1) is 13.2 Å². The fraction of sp³-hybridized carbons (Fsp3) is 0.500. The van der Waals surface area contributed by atoms with Crippen LogP contribution in [0.15, 0.2) is 37.3 Å². The van der Waals surface area contributed by atoms with Crippen LogP contribution in [0.3, 0.4) is 0 Å². The number of allylic oxidation sites excluding steroid dienone is 1. The lowest BCUT2D eigenvalue weighted by molar-refractivity contribution is -0.932. The summed E-state index contributed by atoms with van der Waals surface area (Å²) >= 11 is 0. The van der Waals surface area contributed by atoms with Gasteiger partial charge in [0, 0.05) is 25.6 Å². The number of unbranched alkanes of at least 4 members (excludes halogenated alkanes) is 1. The summed E-state index contributed by atoms with van der Waals surface area (Å²) in [6, 6.07) is 0. The van der Waals surface area contributed by atoms with E-state index in [4.69, 9.17) is 0 Å². The van der Waals surface area contributed by atoms with Crippen LogP contribution >= 0.6 is 0 Å². The maximum atomic E-state index is 11.6. The van der Waals surface area contributed by atoms with E-state index in [1.807, 2.05) is 11.9 Å². The van der Waals surface area contributed by atoms with E-state index in [2.05, 4.69) is 38.6 Å². The molecular formula is C14H24N3O+. The number of hydrogen-bond acceptors (Lipinski definition) is 2. The van der Waals surface area contributed by atoms with Gasteiger partial charge < -0.3 is 0 Å². The van der Waals surface area contributed by atoms with Crippen molar-refractivity contribution in [2.24, 2.45) is 0 Å². The standard InChI is InChI=1S/C14H23N3O/c1-6-9-10-13-11-16(8-3)12(4)17(13,5)15-14(18)7-2/h7-8,11-12H,2-3,6,9-10H2,1,4-5H3/p+1. The fourth-order valence-corrected chi connectivity index (χ4v) is 2.21. The SMILES string of the molecule is C=CC(=O)N[N+]1(C)C(CCCC)=CN(C=C)C1C. The van der Waals surface area contributed by atoms with Crippen molar-refractivity contribution < 1.29 is 9.39 Å². The number of nitrogens with zero attached hydrogens (tertiary/aromatic N) is 2. The molecule has 100 valence electrons. The first kappa shape index (κ1) is 14.5. The van der Waals surface area contributed by atoms with Gasteiger partial charge in [-0.25, -0.2) is 0 Å². The second kappa shape index (κ2) is 5.87. The third kappa shape index (κ3) is 2.64. The fourth-order valence-electron chi connectivity index (χ4n) is 2.21. The summed E-state index contributed by atoms with van der Waals surface area (Å²) < 4.78 is 0.400. The Balaban J connectivity index is 2.96. The molecule has 1 amide bonds. The van der Waals surface area contributed by atoms with Gasteiger partial charge in [-0.3, -0.25) is 9.69 Å². The number of quaternary nitrogens is 1. The minimum Gasteiger partial charge on any atom is -0.298 e. The summed E-state index contributed by atoms with van der Waals surface area (Å²) in [5.74, 6) is -0.155. The summed E-state index contributed by atoms with van der Waals surface area (Å²) in [5, 5.41) is 0. The van der Waals surface area contributed by atoms with Gasteiger partial charge in [0.1, 0.15) is 0 Å². The predicted molar refractivity (Wildman–Crippen MR) is 73.6 cm³/mol. The van der Waals surface area contributed by atoms with Crippen molar-refractivity contribution >= 4 is 5.91 Å². The van der Waals surface area contributed by atoms with Crippen LogP contribution in [0.1, 0.15) is 33.1 Å². The van der Waals surface area contributed by atoms with E-state index < -0.39 is 0 Å². The number of nitrogens with one attached hydrogen (secondary N) is 1. The van der Waals surface area contributed by atoms with Crippen molar-refractivity contribution in [2.45, 2.75) is 39.3 Å². The summed E-state index contributed by atoms with van der Waals surface area (Å²) in [6.45, 7) is 11.6.